The fourth-order valence-electron chi connectivity index (χ4n) is 1.76. The molecule has 5 heteroatoms. The summed E-state index contributed by atoms with van der Waals surface area (Å²) in [7, 11) is 1.32. The van der Waals surface area contributed by atoms with E-state index in [2.05, 4.69) is 4.98 Å². The number of carbonyl (C=O) groups is 1. The van der Waals surface area contributed by atoms with Gasteiger partial charge in [-0.25, -0.2) is 4.79 Å². The van der Waals surface area contributed by atoms with E-state index in [1.807, 2.05) is 13.0 Å². The molecule has 2 heterocycles. The van der Waals surface area contributed by atoms with Crippen molar-refractivity contribution in [1.29, 1.82) is 0 Å². The SMILES string of the molecule is COC(=O)c1cccnc1Cn1ccc(C)cc1=O. The molecule has 0 amide bonds. The summed E-state index contributed by atoms with van der Waals surface area (Å²) in [5.74, 6) is -0.455. The number of esters is 1. The molecule has 0 atom stereocenters. The van der Waals surface area contributed by atoms with Gasteiger partial charge in [0.2, 0.25) is 0 Å². The zero-order valence-electron chi connectivity index (χ0n) is 10.8. The minimum absolute atomic E-state index is 0.124. The number of aromatic nitrogens is 2. The third-order valence-electron chi connectivity index (χ3n) is 2.77. The van der Waals surface area contributed by atoms with Gasteiger partial charge in [0.15, 0.2) is 0 Å². The largest absolute Gasteiger partial charge is 0.465 e. The molecule has 2 aromatic rings. The van der Waals surface area contributed by atoms with Crippen LogP contribution in [-0.4, -0.2) is 22.6 Å². The van der Waals surface area contributed by atoms with E-state index in [1.165, 1.54) is 11.7 Å². The van der Waals surface area contributed by atoms with Crippen LogP contribution >= 0.6 is 0 Å². The minimum atomic E-state index is -0.455. The molecule has 19 heavy (non-hydrogen) atoms. The smallest absolute Gasteiger partial charge is 0.339 e. The summed E-state index contributed by atoms with van der Waals surface area (Å²) in [5, 5.41) is 0. The maximum absolute atomic E-state index is 11.8. The van der Waals surface area contributed by atoms with Gasteiger partial charge in [0.05, 0.1) is 24.9 Å². The summed E-state index contributed by atoms with van der Waals surface area (Å²) in [6.07, 6.45) is 3.27. The predicted octanol–water partition coefficient (Wildman–Crippen LogP) is 1.39. The second-order valence-corrected chi connectivity index (χ2v) is 4.16. The number of hydrogen-bond donors (Lipinski definition) is 0. The highest BCUT2D eigenvalue weighted by molar-refractivity contribution is 5.90. The van der Waals surface area contributed by atoms with Crippen molar-refractivity contribution in [3.63, 3.8) is 0 Å². The third kappa shape index (κ3) is 2.88. The molecule has 0 spiro atoms. The van der Waals surface area contributed by atoms with Gasteiger partial charge in [0, 0.05) is 18.5 Å². The van der Waals surface area contributed by atoms with Gasteiger partial charge in [-0.2, -0.15) is 0 Å². The van der Waals surface area contributed by atoms with Crippen LogP contribution in [0.5, 0.6) is 0 Å². The highest BCUT2D eigenvalue weighted by atomic mass is 16.5. The maximum atomic E-state index is 11.8. The van der Waals surface area contributed by atoms with Gasteiger partial charge in [0.25, 0.3) is 5.56 Å². The molecular formula is C14H14N2O3. The van der Waals surface area contributed by atoms with Gasteiger partial charge < -0.3 is 9.30 Å². The predicted molar refractivity (Wildman–Crippen MR) is 70.1 cm³/mol. The molecule has 0 bridgehead atoms. The number of nitrogens with zero attached hydrogens (tertiary/aromatic N) is 2. The molecule has 0 aliphatic rings. The maximum Gasteiger partial charge on any atom is 0.339 e. The number of pyridine rings is 2. The minimum Gasteiger partial charge on any atom is -0.465 e. The van der Waals surface area contributed by atoms with Crippen molar-refractivity contribution in [1.82, 2.24) is 9.55 Å². The van der Waals surface area contributed by atoms with Crippen LogP contribution in [0.2, 0.25) is 0 Å². The van der Waals surface area contributed by atoms with Gasteiger partial charge in [0.1, 0.15) is 0 Å². The van der Waals surface area contributed by atoms with E-state index in [9.17, 15) is 9.59 Å². The lowest BCUT2D eigenvalue weighted by atomic mass is 10.2. The monoisotopic (exact) mass is 258 g/mol. The number of aryl methyl sites for hydroxylation is 1. The summed E-state index contributed by atoms with van der Waals surface area (Å²) in [6, 6.07) is 6.67. The first-order valence-electron chi connectivity index (χ1n) is 5.81. The number of carbonyl (C=O) groups excluding carboxylic acids is 1. The van der Waals surface area contributed by atoms with Crippen molar-refractivity contribution >= 4 is 5.97 Å². The quantitative estimate of drug-likeness (QED) is 0.780. The lowest BCUT2D eigenvalue weighted by molar-refractivity contribution is 0.0598. The summed E-state index contributed by atoms with van der Waals surface area (Å²) < 4.78 is 6.20. The van der Waals surface area contributed by atoms with E-state index in [4.69, 9.17) is 4.74 Å². The fourth-order valence-corrected chi connectivity index (χ4v) is 1.76. The van der Waals surface area contributed by atoms with E-state index in [1.54, 1.807) is 30.6 Å². The Labute approximate surface area is 110 Å². The molecular weight excluding hydrogens is 244 g/mol. The zero-order chi connectivity index (χ0) is 13.8. The van der Waals surface area contributed by atoms with E-state index in [0.717, 1.165) is 5.56 Å². The first kappa shape index (κ1) is 13.0. The van der Waals surface area contributed by atoms with E-state index < -0.39 is 5.97 Å². The number of rotatable bonds is 3. The van der Waals surface area contributed by atoms with Crippen molar-refractivity contribution in [2.45, 2.75) is 13.5 Å². The molecule has 2 aromatic heterocycles. The molecule has 0 aromatic carbocycles. The standard InChI is InChI=1S/C14H14N2O3/c1-10-5-7-16(13(17)8-10)9-12-11(14(18)19-2)4-3-6-15-12/h3-8H,9H2,1-2H3. The molecule has 0 saturated carbocycles. The second kappa shape index (κ2) is 5.48. The van der Waals surface area contributed by atoms with Crippen molar-refractivity contribution < 1.29 is 9.53 Å². The Balaban J connectivity index is 2.38. The Morgan fingerprint density at radius 1 is 1.42 bits per heavy atom. The van der Waals surface area contributed by atoms with Crippen LogP contribution in [0.25, 0.3) is 0 Å². The average Bonchev–Trinajstić information content (AvgIpc) is 2.41. The molecule has 5 nitrogen and oxygen atoms in total. The Morgan fingerprint density at radius 3 is 2.89 bits per heavy atom. The second-order valence-electron chi connectivity index (χ2n) is 4.16. The Hall–Kier alpha value is -2.43. The first-order chi connectivity index (χ1) is 9.11. The van der Waals surface area contributed by atoms with Crippen LogP contribution in [-0.2, 0) is 11.3 Å². The number of methoxy groups -OCH3 is 1. The summed E-state index contributed by atoms with van der Waals surface area (Å²) >= 11 is 0. The van der Waals surface area contributed by atoms with Crippen LogP contribution in [0.3, 0.4) is 0 Å². The van der Waals surface area contributed by atoms with Crippen LogP contribution < -0.4 is 5.56 Å². The Morgan fingerprint density at radius 2 is 2.21 bits per heavy atom. The van der Waals surface area contributed by atoms with Crippen molar-refractivity contribution in [3.8, 4) is 0 Å². The third-order valence-corrected chi connectivity index (χ3v) is 2.77. The lowest BCUT2D eigenvalue weighted by Gasteiger charge is -2.09. The summed E-state index contributed by atoms with van der Waals surface area (Å²) in [6.45, 7) is 2.09. The van der Waals surface area contributed by atoms with Crippen molar-refractivity contribution in [3.05, 3.63) is 63.8 Å². The van der Waals surface area contributed by atoms with Crippen molar-refractivity contribution in [2.75, 3.05) is 7.11 Å². The zero-order valence-corrected chi connectivity index (χ0v) is 10.8. The molecule has 98 valence electrons. The van der Waals surface area contributed by atoms with Gasteiger partial charge in [-0.1, -0.05) is 0 Å². The molecule has 2 rings (SSSR count). The summed E-state index contributed by atoms with van der Waals surface area (Å²) in [4.78, 5) is 27.6. The molecule has 0 radical (unpaired) electrons. The Kier molecular flexibility index (Phi) is 3.75. The highest BCUT2D eigenvalue weighted by Crippen LogP contribution is 2.08. The number of hydrogen-bond acceptors (Lipinski definition) is 4. The number of ether oxygens (including phenoxy) is 1. The molecule has 0 aliphatic carbocycles. The normalized spacial score (nSPS) is 10.2. The fraction of sp³-hybridized carbons (Fsp3) is 0.214. The van der Waals surface area contributed by atoms with Crippen LogP contribution in [0.4, 0.5) is 0 Å². The van der Waals surface area contributed by atoms with Gasteiger partial charge in [-0.05, 0) is 30.7 Å². The van der Waals surface area contributed by atoms with Crippen LogP contribution in [0, 0.1) is 6.92 Å². The van der Waals surface area contributed by atoms with E-state index in [0.29, 0.717) is 11.3 Å². The molecule has 0 unspecified atom stereocenters. The van der Waals surface area contributed by atoms with Crippen molar-refractivity contribution in [2.24, 2.45) is 0 Å². The van der Waals surface area contributed by atoms with Gasteiger partial charge >= 0.3 is 5.97 Å². The van der Waals surface area contributed by atoms with Crippen LogP contribution in [0.1, 0.15) is 21.6 Å². The van der Waals surface area contributed by atoms with Gasteiger partial charge in [-0.3, -0.25) is 9.78 Å². The van der Waals surface area contributed by atoms with E-state index in [-0.39, 0.29) is 12.1 Å². The molecule has 0 saturated heterocycles. The first-order valence-corrected chi connectivity index (χ1v) is 5.81. The average molecular weight is 258 g/mol. The molecule has 0 N–H and O–H groups in total. The van der Waals surface area contributed by atoms with E-state index >= 15 is 0 Å². The summed E-state index contributed by atoms with van der Waals surface area (Å²) in [5.41, 5.74) is 1.66. The van der Waals surface area contributed by atoms with Crippen LogP contribution in [0.15, 0.2) is 41.5 Å². The topological polar surface area (TPSA) is 61.2 Å². The highest BCUT2D eigenvalue weighted by Gasteiger charge is 2.12. The Bertz CT molecular complexity index is 662. The van der Waals surface area contributed by atoms with Gasteiger partial charge in [-0.15, -0.1) is 0 Å². The molecule has 0 aliphatic heterocycles. The molecule has 0 fully saturated rings. The lowest BCUT2D eigenvalue weighted by Crippen LogP contribution is -2.21.